The van der Waals surface area contributed by atoms with Crippen LogP contribution in [0.5, 0.6) is 0 Å². The first-order valence-corrected chi connectivity index (χ1v) is 7.31. The van der Waals surface area contributed by atoms with Gasteiger partial charge >= 0.3 is 0 Å². The molecular formula is C18H20N2O2. The van der Waals surface area contributed by atoms with Gasteiger partial charge in [-0.05, 0) is 30.7 Å². The van der Waals surface area contributed by atoms with Crippen LogP contribution < -0.4 is 5.32 Å². The van der Waals surface area contributed by atoms with Gasteiger partial charge < -0.3 is 10.2 Å². The van der Waals surface area contributed by atoms with Gasteiger partial charge in [0.1, 0.15) is 0 Å². The van der Waals surface area contributed by atoms with Crippen molar-refractivity contribution in [1.29, 1.82) is 0 Å². The molecule has 0 unspecified atom stereocenters. The van der Waals surface area contributed by atoms with Crippen molar-refractivity contribution < 1.29 is 9.59 Å². The van der Waals surface area contributed by atoms with Gasteiger partial charge in [-0.2, -0.15) is 0 Å². The zero-order valence-corrected chi connectivity index (χ0v) is 12.9. The second-order valence-electron chi connectivity index (χ2n) is 5.07. The van der Waals surface area contributed by atoms with Gasteiger partial charge in [0.05, 0.1) is 0 Å². The number of carbonyl (C=O) groups is 2. The summed E-state index contributed by atoms with van der Waals surface area (Å²) in [6.07, 6.45) is 0. The van der Waals surface area contributed by atoms with Crippen LogP contribution in [0.3, 0.4) is 0 Å². The topological polar surface area (TPSA) is 49.4 Å². The summed E-state index contributed by atoms with van der Waals surface area (Å²) >= 11 is 0. The summed E-state index contributed by atoms with van der Waals surface area (Å²) in [6.45, 7) is 4.60. The highest BCUT2D eigenvalue weighted by Gasteiger charge is 2.15. The number of carbonyl (C=O) groups excluding carboxylic acids is 2. The Balaban J connectivity index is 2.16. The standard InChI is InChI=1S/C18H20N2O2/c1-3-20(13-15-8-5-4-6-9-15)18(22)16-10-7-11-17(12-16)19-14(2)21/h4-12H,3,13H2,1-2H3,(H,19,21). The molecule has 4 nitrogen and oxygen atoms in total. The van der Waals surface area contributed by atoms with Gasteiger partial charge in [-0.3, -0.25) is 9.59 Å². The molecule has 2 amide bonds. The van der Waals surface area contributed by atoms with Crippen molar-refractivity contribution in [3.63, 3.8) is 0 Å². The first-order valence-electron chi connectivity index (χ1n) is 7.31. The maximum atomic E-state index is 12.6. The maximum absolute atomic E-state index is 12.6. The molecule has 1 N–H and O–H groups in total. The maximum Gasteiger partial charge on any atom is 0.254 e. The molecule has 22 heavy (non-hydrogen) atoms. The summed E-state index contributed by atoms with van der Waals surface area (Å²) < 4.78 is 0. The van der Waals surface area contributed by atoms with E-state index in [9.17, 15) is 9.59 Å². The predicted octanol–water partition coefficient (Wildman–Crippen LogP) is 3.31. The van der Waals surface area contributed by atoms with E-state index >= 15 is 0 Å². The van der Waals surface area contributed by atoms with Crippen LogP contribution in [0.4, 0.5) is 5.69 Å². The molecule has 0 spiro atoms. The third-order valence-electron chi connectivity index (χ3n) is 3.32. The van der Waals surface area contributed by atoms with Crippen LogP contribution in [0.15, 0.2) is 54.6 Å². The van der Waals surface area contributed by atoms with Gasteiger partial charge in [0.2, 0.25) is 5.91 Å². The van der Waals surface area contributed by atoms with E-state index in [1.807, 2.05) is 37.3 Å². The molecule has 0 fully saturated rings. The molecular weight excluding hydrogens is 276 g/mol. The van der Waals surface area contributed by atoms with Crippen LogP contribution >= 0.6 is 0 Å². The van der Waals surface area contributed by atoms with Crippen LogP contribution in [0, 0.1) is 0 Å². The van der Waals surface area contributed by atoms with Crippen molar-refractivity contribution >= 4 is 17.5 Å². The van der Waals surface area contributed by atoms with Crippen LogP contribution in [0.2, 0.25) is 0 Å². The number of hydrogen-bond acceptors (Lipinski definition) is 2. The van der Waals surface area contributed by atoms with E-state index in [4.69, 9.17) is 0 Å². The van der Waals surface area contributed by atoms with E-state index < -0.39 is 0 Å². The van der Waals surface area contributed by atoms with Crippen molar-refractivity contribution in [2.45, 2.75) is 20.4 Å². The van der Waals surface area contributed by atoms with Crippen LogP contribution in [0.1, 0.15) is 29.8 Å². The lowest BCUT2D eigenvalue weighted by Crippen LogP contribution is -2.30. The number of amides is 2. The van der Waals surface area contributed by atoms with Gasteiger partial charge in [-0.25, -0.2) is 0 Å². The van der Waals surface area contributed by atoms with Gasteiger partial charge in [0.25, 0.3) is 5.91 Å². The molecule has 0 saturated heterocycles. The van der Waals surface area contributed by atoms with Gasteiger partial charge in [-0.15, -0.1) is 0 Å². The quantitative estimate of drug-likeness (QED) is 0.920. The van der Waals surface area contributed by atoms with E-state index in [-0.39, 0.29) is 11.8 Å². The number of nitrogens with zero attached hydrogens (tertiary/aromatic N) is 1. The average molecular weight is 296 g/mol. The van der Waals surface area contributed by atoms with Crippen LogP contribution in [0.25, 0.3) is 0 Å². The number of benzene rings is 2. The fraction of sp³-hybridized carbons (Fsp3) is 0.222. The molecule has 2 rings (SSSR count). The summed E-state index contributed by atoms with van der Waals surface area (Å²) in [5.41, 5.74) is 2.30. The second kappa shape index (κ2) is 7.41. The highest BCUT2D eigenvalue weighted by Crippen LogP contribution is 2.14. The monoisotopic (exact) mass is 296 g/mol. The third kappa shape index (κ3) is 4.19. The zero-order valence-electron chi connectivity index (χ0n) is 12.9. The van der Waals surface area contributed by atoms with Crippen molar-refractivity contribution in [2.75, 3.05) is 11.9 Å². The molecule has 0 bridgehead atoms. The average Bonchev–Trinajstić information content (AvgIpc) is 2.52. The zero-order chi connectivity index (χ0) is 15.9. The Kier molecular flexibility index (Phi) is 5.31. The van der Waals surface area contributed by atoms with Crippen molar-refractivity contribution in [1.82, 2.24) is 4.90 Å². The van der Waals surface area contributed by atoms with Gasteiger partial charge in [-0.1, -0.05) is 36.4 Å². The van der Waals surface area contributed by atoms with Crippen molar-refractivity contribution in [3.05, 3.63) is 65.7 Å². The molecule has 0 heterocycles. The summed E-state index contributed by atoms with van der Waals surface area (Å²) in [5.74, 6) is -0.195. The van der Waals surface area contributed by atoms with Gasteiger partial charge in [0, 0.05) is 31.3 Å². The molecule has 0 aliphatic heterocycles. The minimum Gasteiger partial charge on any atom is -0.335 e. The largest absolute Gasteiger partial charge is 0.335 e. The number of rotatable bonds is 5. The second-order valence-corrected chi connectivity index (χ2v) is 5.07. The molecule has 0 saturated carbocycles. The van der Waals surface area contributed by atoms with E-state index in [1.54, 1.807) is 29.2 Å². The molecule has 0 atom stereocenters. The first-order chi connectivity index (χ1) is 10.6. The third-order valence-corrected chi connectivity index (χ3v) is 3.32. The molecule has 4 heteroatoms. The van der Waals surface area contributed by atoms with E-state index in [2.05, 4.69) is 5.32 Å². The van der Waals surface area contributed by atoms with E-state index in [0.717, 1.165) is 5.56 Å². The van der Waals surface area contributed by atoms with Crippen LogP contribution in [-0.2, 0) is 11.3 Å². The minimum atomic E-state index is -0.152. The number of anilines is 1. The van der Waals surface area contributed by atoms with E-state index in [0.29, 0.717) is 24.3 Å². The summed E-state index contributed by atoms with van der Waals surface area (Å²) in [5, 5.41) is 2.70. The smallest absolute Gasteiger partial charge is 0.254 e. The molecule has 0 aliphatic rings. The Morgan fingerprint density at radius 1 is 1.05 bits per heavy atom. The molecule has 0 aromatic heterocycles. The lowest BCUT2D eigenvalue weighted by atomic mass is 10.1. The Morgan fingerprint density at radius 3 is 2.41 bits per heavy atom. The summed E-state index contributed by atoms with van der Waals surface area (Å²) in [6, 6.07) is 16.9. The normalized spacial score (nSPS) is 10.1. The molecule has 2 aromatic rings. The Hall–Kier alpha value is -2.62. The lowest BCUT2D eigenvalue weighted by molar-refractivity contribution is -0.114. The number of nitrogens with one attached hydrogen (secondary N) is 1. The Bertz CT molecular complexity index is 653. The van der Waals surface area contributed by atoms with Crippen LogP contribution in [-0.4, -0.2) is 23.3 Å². The summed E-state index contributed by atoms with van der Waals surface area (Å²) in [4.78, 5) is 25.5. The Morgan fingerprint density at radius 2 is 1.77 bits per heavy atom. The molecule has 2 aromatic carbocycles. The number of hydrogen-bond donors (Lipinski definition) is 1. The lowest BCUT2D eigenvalue weighted by Gasteiger charge is -2.21. The highest BCUT2D eigenvalue weighted by molar-refractivity contribution is 5.96. The van der Waals surface area contributed by atoms with Crippen molar-refractivity contribution in [3.8, 4) is 0 Å². The predicted molar refractivity (Wildman–Crippen MR) is 87.6 cm³/mol. The molecule has 0 radical (unpaired) electrons. The highest BCUT2D eigenvalue weighted by atomic mass is 16.2. The van der Waals surface area contributed by atoms with E-state index in [1.165, 1.54) is 6.92 Å². The fourth-order valence-electron chi connectivity index (χ4n) is 2.25. The first kappa shape index (κ1) is 15.8. The van der Waals surface area contributed by atoms with Gasteiger partial charge in [0.15, 0.2) is 0 Å². The fourth-order valence-corrected chi connectivity index (χ4v) is 2.25. The molecule has 114 valence electrons. The summed E-state index contributed by atoms with van der Waals surface area (Å²) in [7, 11) is 0. The van der Waals surface area contributed by atoms with Crippen molar-refractivity contribution in [2.24, 2.45) is 0 Å². The minimum absolute atomic E-state index is 0.0430. The molecule has 0 aliphatic carbocycles. The Labute approximate surface area is 130 Å². The SMILES string of the molecule is CCN(Cc1ccccc1)C(=O)c1cccc(NC(C)=O)c1.